The van der Waals surface area contributed by atoms with E-state index in [2.05, 4.69) is 10.3 Å². The van der Waals surface area contributed by atoms with Gasteiger partial charge in [-0.2, -0.15) is 0 Å². The van der Waals surface area contributed by atoms with Crippen molar-refractivity contribution < 1.29 is 14.6 Å². The van der Waals surface area contributed by atoms with E-state index in [0.29, 0.717) is 13.2 Å². The Labute approximate surface area is 117 Å². The van der Waals surface area contributed by atoms with Crippen LogP contribution < -0.4 is 10.1 Å². The van der Waals surface area contributed by atoms with Crippen LogP contribution in [0.25, 0.3) is 0 Å². The van der Waals surface area contributed by atoms with Crippen LogP contribution in [0.1, 0.15) is 11.3 Å². The molecule has 0 atom stereocenters. The number of aromatic nitrogens is 1. The van der Waals surface area contributed by atoms with Crippen molar-refractivity contribution in [3.63, 3.8) is 0 Å². The topological polar surface area (TPSA) is 71.5 Å². The van der Waals surface area contributed by atoms with Gasteiger partial charge in [-0.3, -0.25) is 9.78 Å². The van der Waals surface area contributed by atoms with Crippen molar-refractivity contribution in [3.05, 3.63) is 59.9 Å². The lowest BCUT2D eigenvalue weighted by Gasteiger charge is -2.07. The molecule has 5 heteroatoms. The summed E-state index contributed by atoms with van der Waals surface area (Å²) >= 11 is 0. The quantitative estimate of drug-likeness (QED) is 0.804. The largest absolute Gasteiger partial charge is 0.487 e. The van der Waals surface area contributed by atoms with Crippen LogP contribution in [0, 0.1) is 0 Å². The van der Waals surface area contributed by atoms with Gasteiger partial charge in [0.2, 0.25) is 0 Å². The predicted octanol–water partition coefficient (Wildman–Crippen LogP) is 1.83. The van der Waals surface area contributed by atoms with Crippen LogP contribution in [0.2, 0.25) is 0 Å². The fraction of sp³-hybridized carbons (Fsp3) is 0.200. The third kappa shape index (κ3) is 4.70. The number of benzene rings is 1. The molecule has 0 aliphatic heterocycles. The first kappa shape index (κ1) is 14.0. The average Bonchev–Trinajstić information content (AvgIpc) is 2.47. The van der Waals surface area contributed by atoms with Gasteiger partial charge >= 0.3 is 5.97 Å². The Morgan fingerprint density at radius 2 is 2.00 bits per heavy atom. The van der Waals surface area contributed by atoms with Crippen LogP contribution in [-0.4, -0.2) is 22.6 Å². The second kappa shape index (κ2) is 7.25. The number of ether oxygens (including phenoxy) is 1. The zero-order chi connectivity index (χ0) is 14.2. The second-order valence-electron chi connectivity index (χ2n) is 4.25. The Bertz CT molecular complexity index is 541. The van der Waals surface area contributed by atoms with Crippen molar-refractivity contribution in [1.82, 2.24) is 10.3 Å². The minimum absolute atomic E-state index is 0.0437. The van der Waals surface area contributed by atoms with Crippen molar-refractivity contribution in [1.29, 1.82) is 0 Å². The molecule has 0 bridgehead atoms. The molecule has 0 aliphatic carbocycles. The van der Waals surface area contributed by atoms with E-state index in [-0.39, 0.29) is 6.54 Å². The third-order valence-corrected chi connectivity index (χ3v) is 2.64. The van der Waals surface area contributed by atoms with Crippen molar-refractivity contribution in [2.24, 2.45) is 0 Å². The lowest BCUT2D eigenvalue weighted by Crippen LogP contribution is -2.21. The Morgan fingerprint density at radius 1 is 1.20 bits per heavy atom. The first-order valence-corrected chi connectivity index (χ1v) is 6.28. The Balaban J connectivity index is 1.81. The molecule has 0 unspecified atom stereocenters. The van der Waals surface area contributed by atoms with Gasteiger partial charge in [-0.05, 0) is 29.8 Å². The maximum atomic E-state index is 10.4. The highest BCUT2D eigenvalue weighted by Crippen LogP contribution is 2.13. The summed E-state index contributed by atoms with van der Waals surface area (Å²) in [6, 6.07) is 13.2. The van der Waals surface area contributed by atoms with E-state index in [4.69, 9.17) is 9.84 Å². The maximum absolute atomic E-state index is 10.4. The van der Waals surface area contributed by atoms with E-state index < -0.39 is 5.97 Å². The molecule has 1 aromatic heterocycles. The molecule has 2 N–H and O–H groups in total. The number of hydrogen-bond acceptors (Lipinski definition) is 4. The molecule has 2 aromatic rings. The molecule has 0 spiro atoms. The number of carboxylic acids is 1. The highest BCUT2D eigenvalue weighted by atomic mass is 16.5. The van der Waals surface area contributed by atoms with E-state index in [1.807, 2.05) is 42.5 Å². The summed E-state index contributed by atoms with van der Waals surface area (Å²) in [6.07, 6.45) is 1.73. The number of hydrogen-bond donors (Lipinski definition) is 2. The van der Waals surface area contributed by atoms with Gasteiger partial charge in [0.05, 0.1) is 12.2 Å². The maximum Gasteiger partial charge on any atom is 0.317 e. The van der Waals surface area contributed by atoms with Gasteiger partial charge in [0, 0.05) is 12.7 Å². The number of aliphatic carboxylic acids is 1. The molecule has 0 saturated heterocycles. The highest BCUT2D eigenvalue weighted by Gasteiger charge is 1.99. The van der Waals surface area contributed by atoms with E-state index in [1.54, 1.807) is 6.20 Å². The van der Waals surface area contributed by atoms with Gasteiger partial charge in [0.15, 0.2) is 0 Å². The minimum atomic E-state index is -0.861. The van der Waals surface area contributed by atoms with Gasteiger partial charge in [0.1, 0.15) is 12.4 Å². The smallest absolute Gasteiger partial charge is 0.317 e. The SMILES string of the molecule is O=C(O)CNCc1ccc(OCc2ccccn2)cc1. The molecule has 104 valence electrons. The third-order valence-electron chi connectivity index (χ3n) is 2.64. The Kier molecular flexibility index (Phi) is 5.08. The molecule has 2 rings (SSSR count). The van der Waals surface area contributed by atoms with Crippen molar-refractivity contribution >= 4 is 5.97 Å². The van der Waals surface area contributed by atoms with Gasteiger partial charge in [-0.1, -0.05) is 18.2 Å². The predicted molar refractivity (Wildman–Crippen MR) is 74.4 cm³/mol. The Hall–Kier alpha value is -2.40. The molecular weight excluding hydrogens is 256 g/mol. The van der Waals surface area contributed by atoms with E-state index in [0.717, 1.165) is 17.0 Å². The summed E-state index contributed by atoms with van der Waals surface area (Å²) in [5.41, 5.74) is 1.89. The summed E-state index contributed by atoms with van der Waals surface area (Å²) in [5, 5.41) is 11.4. The number of rotatable bonds is 7. The van der Waals surface area contributed by atoms with Crippen LogP contribution in [0.3, 0.4) is 0 Å². The normalized spacial score (nSPS) is 10.2. The zero-order valence-electron chi connectivity index (χ0n) is 11.0. The number of nitrogens with one attached hydrogen (secondary N) is 1. The van der Waals surface area contributed by atoms with Crippen LogP contribution >= 0.6 is 0 Å². The summed E-state index contributed by atoms with van der Waals surface area (Å²) in [7, 11) is 0. The number of carbonyl (C=O) groups is 1. The standard InChI is InChI=1S/C15H16N2O3/c18-15(19)10-16-9-12-4-6-14(7-5-12)20-11-13-3-1-2-8-17-13/h1-8,16H,9-11H2,(H,18,19). The number of carboxylic acid groups (broad SMARTS) is 1. The van der Waals surface area contributed by atoms with Crippen molar-refractivity contribution in [2.75, 3.05) is 6.54 Å². The first-order valence-electron chi connectivity index (χ1n) is 6.28. The van der Waals surface area contributed by atoms with Crippen LogP contribution in [0.4, 0.5) is 0 Å². The molecule has 5 nitrogen and oxygen atoms in total. The molecule has 1 heterocycles. The van der Waals surface area contributed by atoms with E-state index >= 15 is 0 Å². The molecular formula is C15H16N2O3. The van der Waals surface area contributed by atoms with Gasteiger partial charge in [-0.25, -0.2) is 0 Å². The van der Waals surface area contributed by atoms with Crippen molar-refractivity contribution in [2.45, 2.75) is 13.2 Å². The summed E-state index contributed by atoms with van der Waals surface area (Å²) < 4.78 is 5.61. The lowest BCUT2D eigenvalue weighted by molar-refractivity contribution is -0.135. The van der Waals surface area contributed by atoms with E-state index in [1.165, 1.54) is 0 Å². The number of nitrogens with zero attached hydrogens (tertiary/aromatic N) is 1. The summed E-state index contributed by atoms with van der Waals surface area (Å²) in [5.74, 6) is -0.0991. The van der Waals surface area contributed by atoms with Crippen LogP contribution in [0.5, 0.6) is 5.75 Å². The zero-order valence-corrected chi connectivity index (χ0v) is 11.0. The average molecular weight is 272 g/mol. The van der Waals surface area contributed by atoms with E-state index in [9.17, 15) is 4.79 Å². The highest BCUT2D eigenvalue weighted by molar-refractivity contribution is 5.68. The molecule has 0 fully saturated rings. The Morgan fingerprint density at radius 3 is 2.65 bits per heavy atom. The van der Waals surface area contributed by atoms with Gasteiger partial charge in [-0.15, -0.1) is 0 Å². The summed E-state index contributed by atoms with van der Waals surface area (Å²) in [6.45, 7) is 0.905. The summed E-state index contributed by atoms with van der Waals surface area (Å²) in [4.78, 5) is 14.6. The monoisotopic (exact) mass is 272 g/mol. The molecule has 0 amide bonds. The lowest BCUT2D eigenvalue weighted by atomic mass is 10.2. The fourth-order valence-electron chi connectivity index (χ4n) is 1.66. The molecule has 1 aromatic carbocycles. The van der Waals surface area contributed by atoms with Crippen LogP contribution in [-0.2, 0) is 17.9 Å². The van der Waals surface area contributed by atoms with Crippen molar-refractivity contribution in [3.8, 4) is 5.75 Å². The molecule has 0 radical (unpaired) electrons. The number of pyridine rings is 1. The fourth-order valence-corrected chi connectivity index (χ4v) is 1.66. The minimum Gasteiger partial charge on any atom is -0.487 e. The van der Waals surface area contributed by atoms with Crippen LogP contribution in [0.15, 0.2) is 48.7 Å². The van der Waals surface area contributed by atoms with Gasteiger partial charge in [0.25, 0.3) is 0 Å². The first-order chi connectivity index (χ1) is 9.74. The second-order valence-corrected chi connectivity index (χ2v) is 4.25. The molecule has 20 heavy (non-hydrogen) atoms. The molecule has 0 aliphatic rings. The van der Waals surface area contributed by atoms with Gasteiger partial charge < -0.3 is 15.2 Å². The molecule has 0 saturated carbocycles.